The van der Waals surface area contributed by atoms with Crippen LogP contribution in [0, 0.1) is 0 Å². The highest BCUT2D eigenvalue weighted by Crippen LogP contribution is 2.29. The van der Waals surface area contributed by atoms with Gasteiger partial charge in [0.05, 0.1) is 7.11 Å². The minimum atomic E-state index is -3.10. The molecule has 1 aliphatic rings. The van der Waals surface area contributed by atoms with Gasteiger partial charge >= 0.3 is 12.1 Å². The number of hydrogen-bond acceptors (Lipinski definition) is 3. The van der Waals surface area contributed by atoms with Crippen LogP contribution in [0.15, 0.2) is 12.2 Å². The van der Waals surface area contributed by atoms with Crippen LogP contribution in [-0.2, 0) is 9.47 Å². The van der Waals surface area contributed by atoms with Crippen molar-refractivity contribution in [2.75, 3.05) is 7.11 Å². The van der Waals surface area contributed by atoms with E-state index in [0.29, 0.717) is 12.8 Å². The third kappa shape index (κ3) is 3.49. The zero-order valence-electron chi connectivity index (χ0n) is 8.54. The minimum Gasteiger partial charge on any atom is -0.438 e. The molecule has 0 spiro atoms. The topological polar surface area (TPSA) is 35.5 Å². The molecule has 0 radical (unpaired) electrons. The number of alkyl halides is 2. The highest BCUT2D eigenvalue weighted by Gasteiger charge is 2.40. The second-order valence-corrected chi connectivity index (χ2v) is 3.42. The summed E-state index contributed by atoms with van der Waals surface area (Å²) < 4.78 is 35.5. The van der Waals surface area contributed by atoms with E-state index in [-0.39, 0.29) is 6.42 Å². The van der Waals surface area contributed by atoms with Gasteiger partial charge in [0.15, 0.2) is 6.10 Å². The van der Waals surface area contributed by atoms with E-state index in [1.165, 1.54) is 6.08 Å². The zero-order chi connectivity index (χ0) is 11.3. The molecule has 0 saturated heterocycles. The SMILES string of the molecule is COC(=O)OC1CCCC/C=C\C1(F)F. The first kappa shape index (κ1) is 11.9. The Morgan fingerprint density at radius 3 is 2.87 bits per heavy atom. The average molecular weight is 220 g/mol. The molecular formula is C10H14F2O3. The van der Waals surface area contributed by atoms with E-state index in [1.54, 1.807) is 0 Å². The third-order valence-electron chi connectivity index (χ3n) is 2.26. The Kier molecular flexibility index (Phi) is 4.05. The fourth-order valence-electron chi connectivity index (χ4n) is 1.43. The summed E-state index contributed by atoms with van der Waals surface area (Å²) in [6.07, 6.45) is 1.99. The fourth-order valence-corrected chi connectivity index (χ4v) is 1.43. The maximum atomic E-state index is 13.4. The van der Waals surface area contributed by atoms with Crippen molar-refractivity contribution < 1.29 is 23.0 Å². The third-order valence-corrected chi connectivity index (χ3v) is 2.26. The van der Waals surface area contributed by atoms with E-state index in [4.69, 9.17) is 0 Å². The van der Waals surface area contributed by atoms with Crippen LogP contribution in [0.1, 0.15) is 25.7 Å². The van der Waals surface area contributed by atoms with E-state index < -0.39 is 18.2 Å². The van der Waals surface area contributed by atoms with Crippen molar-refractivity contribution in [2.24, 2.45) is 0 Å². The molecule has 0 saturated carbocycles. The summed E-state index contributed by atoms with van der Waals surface area (Å²) in [7, 11) is 1.10. The minimum absolute atomic E-state index is 0.159. The Morgan fingerprint density at radius 2 is 2.20 bits per heavy atom. The lowest BCUT2D eigenvalue weighted by molar-refractivity contribution is -0.0937. The molecule has 0 fully saturated rings. The van der Waals surface area contributed by atoms with Crippen molar-refractivity contribution in [3.63, 3.8) is 0 Å². The van der Waals surface area contributed by atoms with Gasteiger partial charge in [-0.15, -0.1) is 0 Å². The maximum absolute atomic E-state index is 13.4. The van der Waals surface area contributed by atoms with Crippen LogP contribution >= 0.6 is 0 Å². The Bertz CT molecular complexity index is 251. The molecule has 0 bridgehead atoms. The van der Waals surface area contributed by atoms with Crippen molar-refractivity contribution >= 4 is 6.16 Å². The first-order chi connectivity index (χ1) is 7.06. The largest absolute Gasteiger partial charge is 0.508 e. The van der Waals surface area contributed by atoms with Crippen LogP contribution < -0.4 is 0 Å². The van der Waals surface area contributed by atoms with Gasteiger partial charge in [-0.1, -0.05) is 6.08 Å². The van der Waals surface area contributed by atoms with Crippen LogP contribution in [0.3, 0.4) is 0 Å². The molecule has 0 N–H and O–H groups in total. The van der Waals surface area contributed by atoms with Crippen LogP contribution in [0.5, 0.6) is 0 Å². The number of carbonyl (C=O) groups excluding carboxylic acids is 1. The van der Waals surface area contributed by atoms with E-state index in [1.807, 2.05) is 0 Å². The summed E-state index contributed by atoms with van der Waals surface area (Å²) in [4.78, 5) is 10.8. The first-order valence-electron chi connectivity index (χ1n) is 4.86. The van der Waals surface area contributed by atoms with Gasteiger partial charge in [0.25, 0.3) is 0 Å². The molecule has 1 aliphatic carbocycles. The van der Waals surface area contributed by atoms with Gasteiger partial charge in [0, 0.05) is 0 Å². The number of allylic oxidation sites excluding steroid dienone is 1. The average Bonchev–Trinajstić information content (AvgIpc) is 2.18. The molecule has 0 aromatic rings. The Balaban J connectivity index is 2.68. The monoisotopic (exact) mass is 220 g/mol. The first-order valence-corrected chi connectivity index (χ1v) is 4.86. The van der Waals surface area contributed by atoms with Gasteiger partial charge in [-0.25, -0.2) is 4.79 Å². The Labute approximate surface area is 87.0 Å². The van der Waals surface area contributed by atoms with Gasteiger partial charge in [-0.2, -0.15) is 8.78 Å². The number of halogens is 2. The molecule has 0 aromatic carbocycles. The second kappa shape index (κ2) is 5.09. The highest BCUT2D eigenvalue weighted by molar-refractivity contribution is 5.60. The summed E-state index contributed by atoms with van der Waals surface area (Å²) in [5, 5.41) is 0. The molecule has 5 heteroatoms. The van der Waals surface area contributed by atoms with Crippen molar-refractivity contribution in [1.29, 1.82) is 0 Å². The predicted molar refractivity (Wildman–Crippen MR) is 49.8 cm³/mol. The van der Waals surface area contributed by atoms with Crippen LogP contribution in [0.4, 0.5) is 13.6 Å². The molecular weight excluding hydrogens is 206 g/mol. The quantitative estimate of drug-likeness (QED) is 0.503. The van der Waals surface area contributed by atoms with Gasteiger partial charge in [0.1, 0.15) is 0 Å². The molecule has 0 amide bonds. The zero-order valence-corrected chi connectivity index (χ0v) is 8.54. The lowest BCUT2D eigenvalue weighted by Crippen LogP contribution is -2.36. The number of methoxy groups -OCH3 is 1. The number of ether oxygens (including phenoxy) is 2. The molecule has 1 unspecified atom stereocenters. The second-order valence-electron chi connectivity index (χ2n) is 3.42. The normalized spacial score (nSPS) is 27.3. The lowest BCUT2D eigenvalue weighted by atomic mass is 10.0. The van der Waals surface area contributed by atoms with E-state index in [9.17, 15) is 13.6 Å². The summed E-state index contributed by atoms with van der Waals surface area (Å²) in [5.41, 5.74) is 0. The number of hydrogen-bond donors (Lipinski definition) is 0. The van der Waals surface area contributed by atoms with E-state index in [2.05, 4.69) is 9.47 Å². The van der Waals surface area contributed by atoms with Crippen molar-refractivity contribution in [2.45, 2.75) is 37.7 Å². The lowest BCUT2D eigenvalue weighted by Gasteiger charge is -2.24. The van der Waals surface area contributed by atoms with Crippen LogP contribution in [0.25, 0.3) is 0 Å². The van der Waals surface area contributed by atoms with E-state index in [0.717, 1.165) is 19.6 Å². The van der Waals surface area contributed by atoms with Crippen molar-refractivity contribution in [3.8, 4) is 0 Å². The summed E-state index contributed by atoms with van der Waals surface area (Å²) in [6, 6.07) is 0. The smallest absolute Gasteiger partial charge is 0.438 e. The number of rotatable bonds is 1. The standard InChI is InChI=1S/C10H14F2O3/c1-14-9(13)15-8-6-4-2-3-5-7-10(8,11)12/h5,7-8H,2-4,6H2,1H3/b7-5-. The fraction of sp³-hybridized carbons (Fsp3) is 0.700. The Hall–Kier alpha value is -1.13. The molecule has 3 nitrogen and oxygen atoms in total. The van der Waals surface area contributed by atoms with Crippen molar-refractivity contribution in [3.05, 3.63) is 12.2 Å². The molecule has 1 rings (SSSR count). The van der Waals surface area contributed by atoms with Crippen molar-refractivity contribution in [1.82, 2.24) is 0 Å². The molecule has 0 aliphatic heterocycles. The number of carbonyl (C=O) groups is 1. The van der Waals surface area contributed by atoms with Gasteiger partial charge < -0.3 is 9.47 Å². The summed E-state index contributed by atoms with van der Waals surface area (Å²) in [6.45, 7) is 0. The van der Waals surface area contributed by atoms with Gasteiger partial charge in [-0.3, -0.25) is 0 Å². The molecule has 15 heavy (non-hydrogen) atoms. The molecule has 1 atom stereocenters. The summed E-state index contributed by atoms with van der Waals surface area (Å²) in [5.74, 6) is -3.10. The predicted octanol–water partition coefficient (Wildman–Crippen LogP) is 2.90. The Morgan fingerprint density at radius 1 is 1.47 bits per heavy atom. The molecule has 0 aromatic heterocycles. The van der Waals surface area contributed by atoms with Crippen LogP contribution in [-0.4, -0.2) is 25.3 Å². The maximum Gasteiger partial charge on any atom is 0.508 e. The van der Waals surface area contributed by atoms with Gasteiger partial charge in [0.2, 0.25) is 0 Å². The van der Waals surface area contributed by atoms with Crippen LogP contribution in [0.2, 0.25) is 0 Å². The van der Waals surface area contributed by atoms with E-state index >= 15 is 0 Å². The molecule has 0 heterocycles. The summed E-state index contributed by atoms with van der Waals surface area (Å²) >= 11 is 0. The van der Waals surface area contributed by atoms with Gasteiger partial charge in [-0.05, 0) is 31.8 Å². The highest BCUT2D eigenvalue weighted by atomic mass is 19.3. The molecule has 86 valence electrons.